The molecule has 10 heteroatoms. The van der Waals surface area contributed by atoms with Crippen LogP contribution in [0.3, 0.4) is 0 Å². The predicted octanol–water partition coefficient (Wildman–Crippen LogP) is 6.65. The van der Waals surface area contributed by atoms with Crippen molar-refractivity contribution >= 4 is 23.5 Å². The normalized spacial score (nSPS) is 12.2. The average Bonchev–Trinajstić information content (AvgIpc) is 2.91. The van der Waals surface area contributed by atoms with Gasteiger partial charge < -0.3 is 14.2 Å². The lowest BCUT2D eigenvalue weighted by Crippen LogP contribution is -2.32. The zero-order valence-corrected chi connectivity index (χ0v) is 23.0. The van der Waals surface area contributed by atoms with Crippen LogP contribution in [0.4, 0.5) is 13.2 Å². The Morgan fingerprint density at radius 1 is 1.00 bits per heavy atom. The molecule has 3 aromatic carbocycles. The maximum atomic E-state index is 13.5. The summed E-state index contributed by atoms with van der Waals surface area (Å²) in [6.45, 7) is 2.36. The second-order valence-corrected chi connectivity index (χ2v) is 9.50. The minimum atomic E-state index is -4.58. The van der Waals surface area contributed by atoms with E-state index in [9.17, 15) is 22.8 Å². The SMILES string of the molecule is COC(=O)Cc1cccc(OCCCN(Cc2cccc(C(F)(F)F)c2Cl)C[C@H](OC(C)=O)c2ccccc2)c1. The van der Waals surface area contributed by atoms with Crippen LogP contribution in [0.5, 0.6) is 5.75 Å². The van der Waals surface area contributed by atoms with Crippen molar-refractivity contribution in [3.8, 4) is 5.75 Å². The van der Waals surface area contributed by atoms with Crippen molar-refractivity contribution in [1.82, 2.24) is 4.90 Å². The Kier molecular flexibility index (Phi) is 11.4. The summed E-state index contributed by atoms with van der Waals surface area (Å²) < 4.78 is 56.6. The van der Waals surface area contributed by atoms with Gasteiger partial charge in [0.25, 0.3) is 0 Å². The van der Waals surface area contributed by atoms with Crippen LogP contribution in [-0.4, -0.2) is 43.6 Å². The summed E-state index contributed by atoms with van der Waals surface area (Å²) in [5.41, 5.74) is 0.915. The van der Waals surface area contributed by atoms with Crippen LogP contribution in [0.25, 0.3) is 0 Å². The van der Waals surface area contributed by atoms with Crippen LogP contribution in [-0.2, 0) is 38.2 Å². The van der Waals surface area contributed by atoms with Crippen molar-refractivity contribution in [3.05, 3.63) is 100 Å². The van der Waals surface area contributed by atoms with E-state index in [0.29, 0.717) is 30.9 Å². The molecule has 3 aromatic rings. The monoisotopic (exact) mass is 577 g/mol. The van der Waals surface area contributed by atoms with Gasteiger partial charge in [-0.25, -0.2) is 0 Å². The van der Waals surface area contributed by atoms with E-state index in [2.05, 4.69) is 0 Å². The number of ether oxygens (including phenoxy) is 3. The number of halogens is 4. The Labute approximate surface area is 236 Å². The van der Waals surface area contributed by atoms with E-state index in [4.69, 9.17) is 25.8 Å². The number of benzene rings is 3. The summed E-state index contributed by atoms with van der Waals surface area (Å²) in [7, 11) is 1.32. The first-order valence-electron chi connectivity index (χ1n) is 12.6. The number of carbonyl (C=O) groups is 2. The fourth-order valence-corrected chi connectivity index (χ4v) is 4.47. The molecule has 0 aromatic heterocycles. The molecule has 1 atom stereocenters. The van der Waals surface area contributed by atoms with Crippen molar-refractivity contribution in [2.45, 2.75) is 38.6 Å². The second kappa shape index (κ2) is 14.7. The number of nitrogens with zero attached hydrogens (tertiary/aromatic N) is 1. The topological polar surface area (TPSA) is 65.1 Å². The first-order chi connectivity index (χ1) is 19.1. The molecule has 6 nitrogen and oxygen atoms in total. The van der Waals surface area contributed by atoms with E-state index in [1.165, 1.54) is 20.1 Å². The third-order valence-corrected chi connectivity index (χ3v) is 6.49. The molecular formula is C30H31ClF3NO5. The first kappa shape index (κ1) is 31.0. The fraction of sp³-hybridized carbons (Fsp3) is 0.333. The van der Waals surface area contributed by atoms with E-state index in [1.54, 1.807) is 30.3 Å². The maximum Gasteiger partial charge on any atom is 0.417 e. The van der Waals surface area contributed by atoms with Gasteiger partial charge in [0.05, 0.1) is 30.7 Å². The molecule has 0 fully saturated rings. The first-order valence-corrected chi connectivity index (χ1v) is 13.0. The number of hydrogen-bond acceptors (Lipinski definition) is 6. The van der Waals surface area contributed by atoms with Crippen LogP contribution in [0.1, 0.15) is 41.7 Å². The molecule has 0 radical (unpaired) electrons. The highest BCUT2D eigenvalue weighted by molar-refractivity contribution is 6.32. The van der Waals surface area contributed by atoms with Gasteiger partial charge in [0.1, 0.15) is 11.9 Å². The number of rotatable bonds is 13. The lowest BCUT2D eigenvalue weighted by Gasteiger charge is -2.28. The smallest absolute Gasteiger partial charge is 0.417 e. The Morgan fingerprint density at radius 3 is 2.40 bits per heavy atom. The summed E-state index contributed by atoms with van der Waals surface area (Å²) >= 11 is 6.19. The molecule has 0 unspecified atom stereocenters. The molecule has 0 heterocycles. The molecule has 0 saturated carbocycles. The van der Waals surface area contributed by atoms with Gasteiger partial charge in [-0.1, -0.05) is 66.2 Å². The molecule has 0 amide bonds. The molecule has 0 N–H and O–H groups in total. The molecule has 0 spiro atoms. The number of alkyl halides is 3. The summed E-state index contributed by atoms with van der Waals surface area (Å²) in [6, 6.07) is 20.1. The van der Waals surface area contributed by atoms with E-state index in [-0.39, 0.29) is 30.5 Å². The third-order valence-electron chi connectivity index (χ3n) is 6.04. The standard InChI is InChI=1S/C30H31ClF3NO5/c1-21(36)40-27(23-10-4-3-5-11-23)20-35(19-24-12-7-14-26(29(24)31)30(32,33)34)15-8-16-39-25-13-6-9-22(17-25)18-28(37)38-2/h3-7,9-14,17,27H,8,15-16,18-20H2,1-2H3/t27-/m0/s1. The van der Waals surface area contributed by atoms with E-state index >= 15 is 0 Å². The van der Waals surface area contributed by atoms with Gasteiger partial charge in [0.15, 0.2) is 0 Å². The van der Waals surface area contributed by atoms with Crippen LogP contribution in [0.15, 0.2) is 72.8 Å². The minimum absolute atomic E-state index is 0.0992. The minimum Gasteiger partial charge on any atom is -0.494 e. The fourth-order valence-electron chi connectivity index (χ4n) is 4.17. The highest BCUT2D eigenvalue weighted by Crippen LogP contribution is 2.36. The molecule has 0 aliphatic rings. The van der Waals surface area contributed by atoms with Gasteiger partial charge >= 0.3 is 18.1 Å². The Bertz CT molecular complexity index is 1270. The number of methoxy groups -OCH3 is 1. The maximum absolute atomic E-state index is 13.5. The van der Waals surface area contributed by atoms with Crippen LogP contribution in [0.2, 0.25) is 5.02 Å². The summed E-state index contributed by atoms with van der Waals surface area (Å²) in [5, 5.41) is -0.359. The molecule has 0 saturated heterocycles. The van der Waals surface area contributed by atoms with Gasteiger partial charge in [0, 0.05) is 26.6 Å². The van der Waals surface area contributed by atoms with Crippen molar-refractivity contribution in [2.24, 2.45) is 0 Å². The van der Waals surface area contributed by atoms with Crippen LogP contribution in [0, 0.1) is 0 Å². The van der Waals surface area contributed by atoms with Crippen molar-refractivity contribution in [2.75, 3.05) is 26.8 Å². The molecular weight excluding hydrogens is 547 g/mol. The van der Waals surface area contributed by atoms with Gasteiger partial charge in [-0.3, -0.25) is 14.5 Å². The van der Waals surface area contributed by atoms with Gasteiger partial charge in [-0.05, 0) is 41.3 Å². The van der Waals surface area contributed by atoms with Crippen LogP contribution < -0.4 is 4.74 Å². The highest BCUT2D eigenvalue weighted by Gasteiger charge is 2.34. The quantitative estimate of drug-likeness (QED) is 0.167. The Morgan fingerprint density at radius 2 is 1.73 bits per heavy atom. The molecule has 40 heavy (non-hydrogen) atoms. The van der Waals surface area contributed by atoms with Crippen LogP contribution >= 0.6 is 11.6 Å². The van der Waals surface area contributed by atoms with Gasteiger partial charge in [-0.2, -0.15) is 13.2 Å². The third kappa shape index (κ3) is 9.57. The van der Waals surface area contributed by atoms with E-state index < -0.39 is 23.8 Å². The zero-order chi connectivity index (χ0) is 29.1. The molecule has 214 valence electrons. The summed E-state index contributed by atoms with van der Waals surface area (Å²) in [4.78, 5) is 25.3. The summed E-state index contributed by atoms with van der Waals surface area (Å²) in [6.07, 6.45) is -4.59. The van der Waals surface area contributed by atoms with Crippen molar-refractivity contribution in [1.29, 1.82) is 0 Å². The molecule has 3 rings (SSSR count). The predicted molar refractivity (Wildman–Crippen MR) is 145 cm³/mol. The van der Waals surface area contributed by atoms with Gasteiger partial charge in [-0.15, -0.1) is 0 Å². The number of carbonyl (C=O) groups excluding carboxylic acids is 2. The van der Waals surface area contributed by atoms with E-state index in [0.717, 1.165) is 17.2 Å². The van der Waals surface area contributed by atoms with Crippen molar-refractivity contribution in [3.63, 3.8) is 0 Å². The highest BCUT2D eigenvalue weighted by atomic mass is 35.5. The lowest BCUT2D eigenvalue weighted by atomic mass is 10.1. The molecule has 0 aliphatic heterocycles. The van der Waals surface area contributed by atoms with E-state index in [1.807, 2.05) is 35.2 Å². The van der Waals surface area contributed by atoms with Gasteiger partial charge in [0.2, 0.25) is 0 Å². The van der Waals surface area contributed by atoms with Crippen molar-refractivity contribution < 1.29 is 37.0 Å². The molecule has 0 aliphatic carbocycles. The summed E-state index contributed by atoms with van der Waals surface area (Å²) in [5.74, 6) is -0.251. The number of hydrogen-bond donors (Lipinski definition) is 0. The second-order valence-electron chi connectivity index (χ2n) is 9.12. The Hall–Kier alpha value is -3.56. The average molecular weight is 578 g/mol. The largest absolute Gasteiger partial charge is 0.494 e. The Balaban J connectivity index is 1.75. The number of esters is 2. The zero-order valence-electron chi connectivity index (χ0n) is 22.2. The lowest BCUT2D eigenvalue weighted by molar-refractivity contribution is -0.148. The molecule has 0 bridgehead atoms.